The van der Waals surface area contributed by atoms with E-state index >= 15 is 0 Å². The Morgan fingerprint density at radius 3 is 1.96 bits per heavy atom. The summed E-state index contributed by atoms with van der Waals surface area (Å²) < 4.78 is 0. The molecule has 0 aromatic carbocycles. The third kappa shape index (κ3) is 13.0. The zero-order valence-corrected chi connectivity index (χ0v) is 20.5. The summed E-state index contributed by atoms with van der Waals surface area (Å²) in [6.07, 6.45) is 13.5. The summed E-state index contributed by atoms with van der Waals surface area (Å²) in [6.45, 7) is 24.9. The maximum Gasteiger partial charge on any atom is -0.0292 e. The fourth-order valence-corrected chi connectivity index (χ4v) is 4.51. The van der Waals surface area contributed by atoms with Crippen LogP contribution in [0.1, 0.15) is 128 Å². The molecule has 1 saturated carbocycles. The second kappa shape index (κ2) is 15.8. The quantitative estimate of drug-likeness (QED) is 0.393. The Balaban J connectivity index is 0. The van der Waals surface area contributed by atoms with Gasteiger partial charge in [-0.2, -0.15) is 0 Å². The van der Waals surface area contributed by atoms with Gasteiger partial charge in [-0.05, 0) is 62.2 Å². The second-order valence-electron chi connectivity index (χ2n) is 9.63. The molecule has 1 aliphatic rings. The molecule has 0 heterocycles. The van der Waals surface area contributed by atoms with Gasteiger partial charge in [0.1, 0.15) is 0 Å². The number of hydrogen-bond donors (Lipinski definition) is 0. The van der Waals surface area contributed by atoms with Gasteiger partial charge in [-0.1, -0.05) is 106 Å². The van der Waals surface area contributed by atoms with Crippen molar-refractivity contribution in [1.82, 2.24) is 0 Å². The van der Waals surface area contributed by atoms with Crippen LogP contribution in [0.2, 0.25) is 0 Å². The van der Waals surface area contributed by atoms with Gasteiger partial charge in [0.05, 0.1) is 0 Å². The maximum absolute atomic E-state index is 2.52. The Morgan fingerprint density at radius 2 is 1.65 bits per heavy atom. The van der Waals surface area contributed by atoms with Crippen LogP contribution in [0.4, 0.5) is 0 Å². The van der Waals surface area contributed by atoms with E-state index in [-0.39, 0.29) is 0 Å². The van der Waals surface area contributed by atoms with Gasteiger partial charge in [-0.3, -0.25) is 0 Å². The summed E-state index contributed by atoms with van der Waals surface area (Å²) in [6, 6.07) is 0. The van der Waals surface area contributed by atoms with Crippen molar-refractivity contribution in [3.05, 3.63) is 11.6 Å². The SMILES string of the molecule is C/C=C(\C)CC(CCC)C(C)C1CCCC1C.CC.CCCC(C)(C)C. The van der Waals surface area contributed by atoms with E-state index in [0.29, 0.717) is 5.41 Å². The molecule has 1 aliphatic carbocycles. The summed E-state index contributed by atoms with van der Waals surface area (Å²) in [7, 11) is 0. The molecule has 0 aliphatic heterocycles. The minimum Gasteiger partial charge on any atom is -0.0887 e. The van der Waals surface area contributed by atoms with Gasteiger partial charge in [0.15, 0.2) is 0 Å². The predicted molar refractivity (Wildman–Crippen MR) is 124 cm³/mol. The van der Waals surface area contributed by atoms with E-state index in [1.807, 2.05) is 13.8 Å². The van der Waals surface area contributed by atoms with Crippen molar-refractivity contribution in [2.24, 2.45) is 29.1 Å². The van der Waals surface area contributed by atoms with Crippen molar-refractivity contribution in [2.75, 3.05) is 0 Å². The number of hydrogen-bond acceptors (Lipinski definition) is 0. The molecular weight excluding hydrogens is 312 g/mol. The van der Waals surface area contributed by atoms with Gasteiger partial charge in [0.25, 0.3) is 0 Å². The van der Waals surface area contributed by atoms with Crippen LogP contribution < -0.4 is 0 Å². The molecule has 0 saturated heterocycles. The van der Waals surface area contributed by atoms with E-state index in [9.17, 15) is 0 Å². The standard InChI is InChI=1S/C17H32.C7H16.C2H6/c1-6-9-16(12-13(3)7-2)15(5)17-11-8-10-14(17)4;1-5-6-7(2,3)4;1-2/h7,14-17H,6,8-12H2,1-5H3;5-6H2,1-4H3;1-2H3/b13-7+;;. The van der Waals surface area contributed by atoms with Crippen molar-refractivity contribution in [2.45, 2.75) is 128 Å². The second-order valence-corrected chi connectivity index (χ2v) is 9.63. The molecule has 0 radical (unpaired) electrons. The molecule has 0 bridgehead atoms. The normalized spacial score (nSPS) is 22.7. The van der Waals surface area contributed by atoms with Crippen LogP contribution in [0.5, 0.6) is 0 Å². The van der Waals surface area contributed by atoms with Crippen molar-refractivity contribution < 1.29 is 0 Å². The van der Waals surface area contributed by atoms with Crippen molar-refractivity contribution in [1.29, 1.82) is 0 Å². The molecule has 0 aromatic rings. The van der Waals surface area contributed by atoms with Gasteiger partial charge >= 0.3 is 0 Å². The van der Waals surface area contributed by atoms with Crippen LogP contribution in [0.25, 0.3) is 0 Å². The molecule has 0 aromatic heterocycles. The van der Waals surface area contributed by atoms with Crippen molar-refractivity contribution in [3.8, 4) is 0 Å². The first-order valence-corrected chi connectivity index (χ1v) is 11.8. The van der Waals surface area contributed by atoms with Gasteiger partial charge in [0.2, 0.25) is 0 Å². The highest BCUT2D eigenvalue weighted by molar-refractivity contribution is 4.98. The van der Waals surface area contributed by atoms with E-state index in [1.165, 1.54) is 51.4 Å². The molecule has 0 N–H and O–H groups in total. The molecule has 4 atom stereocenters. The Hall–Kier alpha value is -0.260. The van der Waals surface area contributed by atoms with E-state index in [4.69, 9.17) is 0 Å². The Kier molecular flexibility index (Phi) is 16.9. The third-order valence-corrected chi connectivity index (χ3v) is 6.08. The molecule has 158 valence electrons. The van der Waals surface area contributed by atoms with E-state index in [0.717, 1.165) is 23.7 Å². The summed E-state index contributed by atoms with van der Waals surface area (Å²) in [5.41, 5.74) is 2.13. The average molecular weight is 367 g/mol. The minimum atomic E-state index is 0.550. The van der Waals surface area contributed by atoms with Crippen LogP contribution >= 0.6 is 0 Å². The van der Waals surface area contributed by atoms with Crippen molar-refractivity contribution >= 4 is 0 Å². The van der Waals surface area contributed by atoms with Gasteiger partial charge in [-0.15, -0.1) is 0 Å². The zero-order chi connectivity index (χ0) is 20.8. The highest BCUT2D eigenvalue weighted by Gasteiger charge is 2.32. The monoisotopic (exact) mass is 366 g/mol. The Bertz CT molecular complexity index is 330. The van der Waals surface area contributed by atoms with Gasteiger partial charge in [-0.25, -0.2) is 0 Å². The summed E-state index contributed by atoms with van der Waals surface area (Å²) >= 11 is 0. The molecule has 1 fully saturated rings. The third-order valence-electron chi connectivity index (χ3n) is 6.08. The van der Waals surface area contributed by atoms with Crippen molar-refractivity contribution in [3.63, 3.8) is 0 Å². The fraction of sp³-hybridized carbons (Fsp3) is 0.923. The van der Waals surface area contributed by atoms with Crippen LogP contribution in [0.15, 0.2) is 11.6 Å². The van der Waals surface area contributed by atoms with E-state index in [1.54, 1.807) is 5.57 Å². The van der Waals surface area contributed by atoms with E-state index in [2.05, 4.69) is 68.4 Å². The number of rotatable bonds is 7. The predicted octanol–water partition coefficient (Wildman–Crippen LogP) is 9.69. The fourth-order valence-electron chi connectivity index (χ4n) is 4.51. The van der Waals surface area contributed by atoms with Crippen LogP contribution in [-0.2, 0) is 0 Å². The first-order chi connectivity index (χ1) is 12.2. The first kappa shape index (κ1) is 28.0. The Labute approximate surface area is 168 Å². The van der Waals surface area contributed by atoms with E-state index < -0.39 is 0 Å². The molecule has 1 rings (SSSR count). The summed E-state index contributed by atoms with van der Waals surface area (Å²) in [4.78, 5) is 0. The molecule has 0 spiro atoms. The van der Waals surface area contributed by atoms with Gasteiger partial charge in [0, 0.05) is 0 Å². The summed E-state index contributed by atoms with van der Waals surface area (Å²) in [5.74, 6) is 3.80. The smallest absolute Gasteiger partial charge is 0.0292 e. The van der Waals surface area contributed by atoms with Crippen LogP contribution in [0, 0.1) is 29.1 Å². The molecular formula is C26H54. The topological polar surface area (TPSA) is 0 Å². The lowest BCUT2D eigenvalue weighted by molar-refractivity contribution is 0.197. The maximum atomic E-state index is 2.52. The van der Waals surface area contributed by atoms with Crippen LogP contribution in [0.3, 0.4) is 0 Å². The highest BCUT2D eigenvalue weighted by Crippen LogP contribution is 2.42. The molecule has 0 nitrogen and oxygen atoms in total. The zero-order valence-electron chi connectivity index (χ0n) is 20.5. The molecule has 4 unspecified atom stereocenters. The lowest BCUT2D eigenvalue weighted by Crippen LogP contribution is -2.23. The minimum absolute atomic E-state index is 0.550. The van der Waals surface area contributed by atoms with Crippen LogP contribution in [-0.4, -0.2) is 0 Å². The average Bonchev–Trinajstić information content (AvgIpc) is 3.01. The lowest BCUT2D eigenvalue weighted by Gasteiger charge is -2.31. The first-order valence-electron chi connectivity index (χ1n) is 11.8. The Morgan fingerprint density at radius 1 is 1.08 bits per heavy atom. The number of allylic oxidation sites excluding steroid dienone is 2. The largest absolute Gasteiger partial charge is 0.0887 e. The summed E-state index contributed by atoms with van der Waals surface area (Å²) in [5, 5.41) is 0. The highest BCUT2D eigenvalue weighted by atomic mass is 14.4. The lowest BCUT2D eigenvalue weighted by atomic mass is 9.74. The molecule has 0 amide bonds. The molecule has 26 heavy (non-hydrogen) atoms. The molecule has 0 heteroatoms. The van der Waals surface area contributed by atoms with Gasteiger partial charge < -0.3 is 0 Å².